The highest BCUT2D eigenvalue weighted by atomic mass is 16.3. The molecule has 118 valence electrons. The first-order chi connectivity index (χ1) is 11.6. The lowest BCUT2D eigenvalue weighted by Crippen LogP contribution is -2.12. The Labute approximate surface area is 136 Å². The molecule has 2 aromatic heterocycles. The second-order valence-electron chi connectivity index (χ2n) is 5.39. The summed E-state index contributed by atoms with van der Waals surface area (Å²) in [4.78, 5) is 27.9. The number of benzene rings is 2. The van der Waals surface area contributed by atoms with Gasteiger partial charge in [-0.05, 0) is 37.3 Å². The highest BCUT2D eigenvalue weighted by Crippen LogP contribution is 2.22. The first-order valence-corrected chi connectivity index (χ1v) is 7.33. The summed E-state index contributed by atoms with van der Waals surface area (Å²) >= 11 is 0. The maximum absolute atomic E-state index is 12.1. The zero-order valence-electron chi connectivity index (χ0n) is 12.7. The molecule has 7 nitrogen and oxygen atoms in total. The van der Waals surface area contributed by atoms with Gasteiger partial charge in [0.05, 0.1) is 22.1 Å². The van der Waals surface area contributed by atoms with E-state index in [1.54, 1.807) is 36.4 Å². The van der Waals surface area contributed by atoms with E-state index in [4.69, 9.17) is 0 Å². The fourth-order valence-electron chi connectivity index (χ4n) is 2.58. The molecule has 0 saturated carbocycles. The van der Waals surface area contributed by atoms with Gasteiger partial charge in [-0.15, -0.1) is 0 Å². The van der Waals surface area contributed by atoms with Gasteiger partial charge in [-0.2, -0.15) is 0 Å². The van der Waals surface area contributed by atoms with Crippen LogP contribution in [-0.4, -0.2) is 25.0 Å². The summed E-state index contributed by atoms with van der Waals surface area (Å²) in [5, 5.41) is 13.8. The summed E-state index contributed by atoms with van der Waals surface area (Å²) in [6.45, 7) is 1.82. The molecule has 0 aliphatic heterocycles. The molecular formula is C17H13N5O2. The summed E-state index contributed by atoms with van der Waals surface area (Å²) in [6.07, 6.45) is 0. The van der Waals surface area contributed by atoms with Gasteiger partial charge >= 0.3 is 0 Å². The maximum Gasteiger partial charge on any atom is 0.260 e. The first-order valence-electron chi connectivity index (χ1n) is 7.33. The van der Waals surface area contributed by atoms with E-state index in [0.717, 1.165) is 5.39 Å². The molecule has 0 fully saturated rings. The van der Waals surface area contributed by atoms with Crippen molar-refractivity contribution in [3.8, 4) is 5.75 Å². The number of fused-ring (bicyclic) bond motifs is 2. The van der Waals surface area contributed by atoms with Gasteiger partial charge in [-0.1, -0.05) is 12.1 Å². The average molecular weight is 319 g/mol. The quantitative estimate of drug-likeness (QED) is 0.525. The fourth-order valence-corrected chi connectivity index (χ4v) is 2.58. The van der Waals surface area contributed by atoms with Crippen molar-refractivity contribution >= 4 is 33.7 Å². The van der Waals surface area contributed by atoms with Crippen molar-refractivity contribution in [3.63, 3.8) is 0 Å². The van der Waals surface area contributed by atoms with Crippen LogP contribution in [0, 0.1) is 6.92 Å². The summed E-state index contributed by atoms with van der Waals surface area (Å²) < 4.78 is 0. The zero-order valence-corrected chi connectivity index (χ0v) is 12.7. The molecule has 0 bridgehead atoms. The number of phenolic OH excluding ortho intramolecular Hbond substituents is 1. The van der Waals surface area contributed by atoms with Crippen molar-refractivity contribution in [2.45, 2.75) is 6.92 Å². The van der Waals surface area contributed by atoms with Gasteiger partial charge < -0.3 is 5.11 Å². The predicted octanol–water partition coefficient (Wildman–Crippen LogP) is 2.62. The largest absolute Gasteiger partial charge is 0.508 e. The Morgan fingerprint density at radius 1 is 1.00 bits per heavy atom. The minimum Gasteiger partial charge on any atom is -0.508 e. The van der Waals surface area contributed by atoms with Crippen LogP contribution in [-0.2, 0) is 0 Å². The van der Waals surface area contributed by atoms with Crippen molar-refractivity contribution in [1.29, 1.82) is 0 Å². The third-order valence-corrected chi connectivity index (χ3v) is 3.71. The Bertz CT molecular complexity index is 1140. The van der Waals surface area contributed by atoms with Gasteiger partial charge in [0.25, 0.3) is 5.56 Å². The molecular weight excluding hydrogens is 306 g/mol. The van der Waals surface area contributed by atoms with Gasteiger partial charge in [0.15, 0.2) is 0 Å². The van der Waals surface area contributed by atoms with E-state index in [2.05, 4.69) is 25.3 Å². The highest BCUT2D eigenvalue weighted by molar-refractivity contribution is 5.83. The number of aryl methyl sites for hydroxylation is 1. The topological polar surface area (TPSA) is 104 Å². The number of hydrogen-bond donors (Lipinski definition) is 3. The van der Waals surface area contributed by atoms with Crippen LogP contribution >= 0.6 is 0 Å². The third kappa shape index (κ3) is 2.41. The molecule has 3 N–H and O–H groups in total. The highest BCUT2D eigenvalue weighted by Gasteiger charge is 2.08. The fraction of sp³-hybridized carbons (Fsp3) is 0.0588. The van der Waals surface area contributed by atoms with Crippen LogP contribution in [0.1, 0.15) is 5.69 Å². The zero-order chi connectivity index (χ0) is 16.7. The normalized spacial score (nSPS) is 11.0. The van der Waals surface area contributed by atoms with E-state index in [0.29, 0.717) is 28.1 Å². The average Bonchev–Trinajstić information content (AvgIpc) is 2.56. The van der Waals surface area contributed by atoms with E-state index in [1.165, 1.54) is 0 Å². The Hall–Kier alpha value is -3.48. The van der Waals surface area contributed by atoms with Crippen LogP contribution in [0.5, 0.6) is 5.75 Å². The molecule has 0 aliphatic carbocycles. The molecule has 24 heavy (non-hydrogen) atoms. The van der Waals surface area contributed by atoms with Crippen LogP contribution in [0.15, 0.2) is 47.3 Å². The molecule has 0 unspecified atom stereocenters. The lowest BCUT2D eigenvalue weighted by atomic mass is 10.2. The molecule has 0 spiro atoms. The Morgan fingerprint density at radius 2 is 1.79 bits per heavy atom. The number of H-pyrrole nitrogens is 1. The number of phenols is 1. The third-order valence-electron chi connectivity index (χ3n) is 3.71. The second kappa shape index (κ2) is 5.31. The summed E-state index contributed by atoms with van der Waals surface area (Å²) in [5.74, 6) is 0.760. The number of nitrogens with one attached hydrogen (secondary N) is 2. The van der Waals surface area contributed by atoms with Gasteiger partial charge in [0.1, 0.15) is 5.75 Å². The molecule has 4 rings (SSSR count). The standard InChI is InChI=1S/C17H13N5O2/c1-9-12-8-10(23)6-7-14(12)20-16(18-9)22-17-19-13-5-3-2-4-11(13)15(24)21-17/h2-8,23H,1H3,(H2,18,19,20,21,22,24). The lowest BCUT2D eigenvalue weighted by molar-refractivity contribution is 0.476. The number of aromatic amines is 1. The SMILES string of the molecule is Cc1nc(Nc2nc3ccccc3c(=O)[nH]2)nc2ccc(O)cc12. The molecule has 0 atom stereocenters. The molecule has 4 aromatic rings. The Kier molecular flexibility index (Phi) is 3.13. The van der Waals surface area contributed by atoms with Crippen molar-refractivity contribution in [2.24, 2.45) is 0 Å². The summed E-state index contributed by atoms with van der Waals surface area (Å²) in [7, 11) is 0. The van der Waals surface area contributed by atoms with E-state index in [1.807, 2.05) is 13.0 Å². The lowest BCUT2D eigenvalue weighted by Gasteiger charge is -2.08. The molecule has 2 aromatic carbocycles. The first kappa shape index (κ1) is 14.1. The monoisotopic (exact) mass is 319 g/mol. The van der Waals surface area contributed by atoms with Crippen LogP contribution in [0.2, 0.25) is 0 Å². The van der Waals surface area contributed by atoms with Gasteiger partial charge in [0, 0.05) is 5.39 Å². The molecule has 0 amide bonds. The van der Waals surface area contributed by atoms with Crippen molar-refractivity contribution in [2.75, 3.05) is 5.32 Å². The number of nitrogens with zero attached hydrogens (tertiary/aromatic N) is 3. The van der Waals surface area contributed by atoms with Gasteiger partial charge in [-0.3, -0.25) is 15.1 Å². The molecule has 0 aliphatic rings. The minimum atomic E-state index is -0.231. The minimum absolute atomic E-state index is 0.162. The number of aromatic hydroxyl groups is 1. The number of hydrogen-bond acceptors (Lipinski definition) is 6. The molecule has 0 radical (unpaired) electrons. The summed E-state index contributed by atoms with van der Waals surface area (Å²) in [5.41, 5.74) is 1.75. The number of rotatable bonds is 2. The Balaban J connectivity index is 1.79. The van der Waals surface area contributed by atoms with Crippen LogP contribution < -0.4 is 10.9 Å². The molecule has 0 saturated heterocycles. The van der Waals surface area contributed by atoms with E-state index in [-0.39, 0.29) is 17.3 Å². The number of para-hydroxylation sites is 1. The molecule has 7 heteroatoms. The smallest absolute Gasteiger partial charge is 0.260 e. The Morgan fingerprint density at radius 3 is 2.67 bits per heavy atom. The van der Waals surface area contributed by atoms with Crippen molar-refractivity contribution < 1.29 is 5.11 Å². The summed E-state index contributed by atoms with van der Waals surface area (Å²) in [6, 6.07) is 12.0. The number of aromatic nitrogens is 4. The van der Waals surface area contributed by atoms with Crippen molar-refractivity contribution in [3.05, 3.63) is 58.5 Å². The predicted molar refractivity (Wildman–Crippen MR) is 91.6 cm³/mol. The van der Waals surface area contributed by atoms with E-state index < -0.39 is 0 Å². The van der Waals surface area contributed by atoms with Crippen LogP contribution in [0.4, 0.5) is 11.9 Å². The van der Waals surface area contributed by atoms with Gasteiger partial charge in [0.2, 0.25) is 11.9 Å². The van der Waals surface area contributed by atoms with Gasteiger partial charge in [-0.25, -0.2) is 15.0 Å². The van der Waals surface area contributed by atoms with E-state index in [9.17, 15) is 9.90 Å². The maximum atomic E-state index is 12.1. The second-order valence-corrected chi connectivity index (χ2v) is 5.39. The van der Waals surface area contributed by atoms with Crippen LogP contribution in [0.25, 0.3) is 21.8 Å². The van der Waals surface area contributed by atoms with Crippen LogP contribution in [0.3, 0.4) is 0 Å². The van der Waals surface area contributed by atoms with E-state index >= 15 is 0 Å². The van der Waals surface area contributed by atoms with Crippen molar-refractivity contribution in [1.82, 2.24) is 19.9 Å². The molecule has 2 heterocycles. The number of anilines is 2.